The van der Waals surface area contributed by atoms with Gasteiger partial charge in [-0.2, -0.15) is 0 Å². The minimum absolute atomic E-state index is 0.0416. The topological polar surface area (TPSA) is 109 Å². The van der Waals surface area contributed by atoms with Gasteiger partial charge in [0, 0.05) is 25.9 Å². The molecule has 86 valence electrons. The largest absolute Gasteiger partial charge is 0.398 e. The fourth-order valence-electron chi connectivity index (χ4n) is 1.61. The molecule has 0 aromatic heterocycles. The van der Waals surface area contributed by atoms with E-state index in [0.29, 0.717) is 16.5 Å². The van der Waals surface area contributed by atoms with Crippen LogP contribution < -0.4 is 5.73 Å². The Morgan fingerprint density at radius 3 is 2.41 bits per heavy atom. The SMILES string of the molecule is [N-]=[N+]=NS(=O)(=O)c1ccc(N)c2ccccc12. The average Bonchev–Trinajstić information content (AvgIpc) is 2.29. The van der Waals surface area contributed by atoms with Crippen LogP contribution in [0.25, 0.3) is 21.2 Å². The summed E-state index contributed by atoms with van der Waals surface area (Å²) >= 11 is 0. The molecule has 2 aromatic carbocycles. The first-order chi connectivity index (χ1) is 8.06. The van der Waals surface area contributed by atoms with Crippen molar-refractivity contribution in [2.24, 2.45) is 4.52 Å². The molecule has 0 saturated carbocycles. The zero-order valence-corrected chi connectivity index (χ0v) is 9.42. The van der Waals surface area contributed by atoms with Crippen molar-refractivity contribution in [3.63, 3.8) is 0 Å². The van der Waals surface area contributed by atoms with E-state index in [2.05, 4.69) is 9.43 Å². The van der Waals surface area contributed by atoms with Gasteiger partial charge in [-0.25, -0.2) is 8.42 Å². The maximum atomic E-state index is 11.7. The van der Waals surface area contributed by atoms with Gasteiger partial charge in [-0.15, -0.1) is 0 Å². The number of benzene rings is 2. The number of nitrogens with zero attached hydrogens (tertiary/aromatic N) is 3. The Labute approximate surface area is 97.3 Å². The van der Waals surface area contributed by atoms with Crippen LogP contribution >= 0.6 is 0 Å². The maximum Gasteiger partial charge on any atom is 0.264 e. The Morgan fingerprint density at radius 1 is 1.12 bits per heavy atom. The average molecular weight is 248 g/mol. The van der Waals surface area contributed by atoms with Crippen LogP contribution in [0.15, 0.2) is 45.8 Å². The number of rotatable bonds is 2. The quantitative estimate of drug-likeness (QED) is 0.381. The van der Waals surface area contributed by atoms with Crippen LogP contribution in [0.2, 0.25) is 0 Å². The first-order valence-electron chi connectivity index (χ1n) is 4.65. The summed E-state index contributed by atoms with van der Waals surface area (Å²) in [6, 6.07) is 9.58. The Balaban J connectivity index is 2.90. The van der Waals surface area contributed by atoms with Gasteiger partial charge in [0.05, 0.1) is 4.90 Å². The molecule has 0 aliphatic heterocycles. The Morgan fingerprint density at radius 2 is 1.76 bits per heavy atom. The Hall–Kier alpha value is -2.24. The number of fused-ring (bicyclic) bond motifs is 1. The van der Waals surface area contributed by atoms with E-state index < -0.39 is 10.0 Å². The highest BCUT2D eigenvalue weighted by Crippen LogP contribution is 2.28. The number of hydrogen-bond donors (Lipinski definition) is 1. The van der Waals surface area contributed by atoms with Gasteiger partial charge in [0.25, 0.3) is 10.0 Å². The fourth-order valence-corrected chi connectivity index (χ4v) is 2.49. The molecule has 0 spiro atoms. The molecule has 0 aliphatic rings. The monoisotopic (exact) mass is 248 g/mol. The first kappa shape index (κ1) is 11.3. The summed E-state index contributed by atoms with van der Waals surface area (Å²) in [6.45, 7) is 0. The third-order valence-electron chi connectivity index (χ3n) is 2.34. The number of sulfonamides is 1. The molecule has 0 amide bonds. The molecule has 0 radical (unpaired) electrons. The molecular formula is C10H8N4O2S. The van der Waals surface area contributed by atoms with Crippen LogP contribution in [0.3, 0.4) is 0 Å². The zero-order valence-electron chi connectivity index (χ0n) is 8.61. The van der Waals surface area contributed by atoms with E-state index in [9.17, 15) is 8.42 Å². The third kappa shape index (κ3) is 1.89. The van der Waals surface area contributed by atoms with E-state index >= 15 is 0 Å². The lowest BCUT2D eigenvalue weighted by Gasteiger charge is -2.06. The smallest absolute Gasteiger partial charge is 0.264 e. The van der Waals surface area contributed by atoms with Gasteiger partial charge in [-0.3, -0.25) is 0 Å². The number of nitrogen functional groups attached to an aromatic ring is 1. The van der Waals surface area contributed by atoms with Gasteiger partial charge in [0.1, 0.15) is 0 Å². The molecule has 0 heterocycles. The third-order valence-corrected chi connectivity index (χ3v) is 3.54. The molecule has 0 fully saturated rings. The van der Waals surface area contributed by atoms with Gasteiger partial charge in [-0.05, 0) is 17.7 Å². The molecular weight excluding hydrogens is 240 g/mol. The minimum Gasteiger partial charge on any atom is -0.398 e. The molecule has 0 bridgehead atoms. The highest BCUT2D eigenvalue weighted by molar-refractivity contribution is 7.90. The maximum absolute atomic E-state index is 11.7. The van der Waals surface area contributed by atoms with E-state index in [1.807, 2.05) is 0 Å². The fraction of sp³-hybridized carbons (Fsp3) is 0. The van der Waals surface area contributed by atoms with Crippen molar-refractivity contribution in [3.05, 3.63) is 46.8 Å². The normalized spacial score (nSPS) is 11.1. The summed E-state index contributed by atoms with van der Waals surface area (Å²) in [5.74, 6) is 0. The summed E-state index contributed by atoms with van der Waals surface area (Å²) < 4.78 is 26.2. The summed E-state index contributed by atoms with van der Waals surface area (Å²) in [7, 11) is -4.00. The van der Waals surface area contributed by atoms with Gasteiger partial charge in [0.15, 0.2) is 0 Å². The van der Waals surface area contributed by atoms with Crippen molar-refractivity contribution in [1.29, 1.82) is 0 Å². The van der Waals surface area contributed by atoms with Crippen LogP contribution in [0.4, 0.5) is 5.69 Å². The summed E-state index contributed by atoms with van der Waals surface area (Å²) in [6.07, 6.45) is 0. The van der Waals surface area contributed by atoms with E-state index in [1.165, 1.54) is 12.1 Å². The second kappa shape index (κ2) is 3.97. The molecule has 17 heavy (non-hydrogen) atoms. The van der Waals surface area contributed by atoms with Crippen molar-refractivity contribution in [2.45, 2.75) is 4.90 Å². The van der Waals surface area contributed by atoms with Crippen molar-refractivity contribution < 1.29 is 8.42 Å². The van der Waals surface area contributed by atoms with Crippen LogP contribution in [0.1, 0.15) is 0 Å². The molecule has 0 saturated heterocycles. The predicted molar refractivity (Wildman–Crippen MR) is 64.7 cm³/mol. The first-order valence-corrected chi connectivity index (χ1v) is 6.09. The minimum atomic E-state index is -4.00. The lowest BCUT2D eigenvalue weighted by Crippen LogP contribution is -1.98. The Bertz CT molecular complexity index is 733. The molecule has 6 nitrogen and oxygen atoms in total. The molecule has 0 atom stereocenters. The van der Waals surface area contributed by atoms with Crippen molar-refractivity contribution >= 4 is 26.5 Å². The van der Waals surface area contributed by atoms with Crippen molar-refractivity contribution in [3.8, 4) is 0 Å². The van der Waals surface area contributed by atoms with Crippen molar-refractivity contribution in [2.75, 3.05) is 5.73 Å². The molecule has 7 heteroatoms. The second-order valence-corrected chi connectivity index (χ2v) is 4.90. The Kier molecular flexibility index (Phi) is 2.63. The summed E-state index contributed by atoms with van der Waals surface area (Å²) in [5, 5.41) is 1.06. The van der Waals surface area contributed by atoms with E-state index in [0.717, 1.165) is 0 Å². The number of anilines is 1. The van der Waals surface area contributed by atoms with Gasteiger partial charge in [0.2, 0.25) is 0 Å². The molecule has 0 unspecified atom stereocenters. The van der Waals surface area contributed by atoms with Gasteiger partial charge in [-0.1, -0.05) is 24.3 Å². The lowest BCUT2D eigenvalue weighted by atomic mass is 10.1. The number of hydrogen-bond acceptors (Lipinski definition) is 3. The standard InChI is InChI=1S/C10H8N4O2S/c11-9-5-6-10(17(15,16)14-13-12)8-4-2-1-3-7(8)9/h1-6H,11H2. The second-order valence-electron chi connectivity index (χ2n) is 3.34. The molecule has 0 aliphatic carbocycles. The molecule has 2 N–H and O–H groups in total. The van der Waals surface area contributed by atoms with Crippen LogP contribution in [-0.4, -0.2) is 8.42 Å². The zero-order chi connectivity index (χ0) is 12.5. The van der Waals surface area contributed by atoms with Gasteiger partial charge >= 0.3 is 0 Å². The summed E-state index contributed by atoms with van der Waals surface area (Å²) in [4.78, 5) is 2.28. The van der Waals surface area contributed by atoms with Crippen molar-refractivity contribution in [1.82, 2.24) is 0 Å². The van der Waals surface area contributed by atoms with Crippen LogP contribution in [0.5, 0.6) is 0 Å². The highest BCUT2D eigenvalue weighted by atomic mass is 32.2. The highest BCUT2D eigenvalue weighted by Gasteiger charge is 2.16. The van der Waals surface area contributed by atoms with E-state index in [1.54, 1.807) is 24.3 Å². The van der Waals surface area contributed by atoms with Crippen LogP contribution in [0, 0.1) is 0 Å². The van der Waals surface area contributed by atoms with E-state index in [-0.39, 0.29) is 4.90 Å². The van der Waals surface area contributed by atoms with Gasteiger partial charge < -0.3 is 5.73 Å². The number of azide groups is 1. The van der Waals surface area contributed by atoms with E-state index in [4.69, 9.17) is 11.3 Å². The molecule has 2 rings (SSSR count). The molecule has 2 aromatic rings. The predicted octanol–water partition coefficient (Wildman–Crippen LogP) is 2.42. The lowest BCUT2D eigenvalue weighted by molar-refractivity contribution is 0.598. The summed E-state index contributed by atoms with van der Waals surface area (Å²) in [5.41, 5.74) is 14.5. The van der Waals surface area contributed by atoms with Crippen LogP contribution in [-0.2, 0) is 10.0 Å². The number of nitrogens with two attached hydrogens (primary N) is 1.